The SMILES string of the molecule is O=C1CC(N2CCN(c3cccc(Cl)c3)CC2)C(=O)N1c1ccc(Cl)c(Cl)c1. The van der Waals surface area contributed by atoms with Crippen LogP contribution in [0.1, 0.15) is 6.42 Å². The van der Waals surface area contributed by atoms with Crippen LogP contribution in [-0.2, 0) is 9.59 Å². The molecule has 2 saturated heterocycles. The maximum absolute atomic E-state index is 13.0. The van der Waals surface area contributed by atoms with E-state index in [4.69, 9.17) is 34.8 Å². The van der Waals surface area contributed by atoms with Gasteiger partial charge in [-0.3, -0.25) is 14.5 Å². The maximum atomic E-state index is 13.0. The van der Waals surface area contributed by atoms with Crippen molar-refractivity contribution in [3.63, 3.8) is 0 Å². The van der Waals surface area contributed by atoms with Crippen LogP contribution in [0.3, 0.4) is 0 Å². The van der Waals surface area contributed by atoms with Gasteiger partial charge in [-0.05, 0) is 36.4 Å². The van der Waals surface area contributed by atoms with Crippen molar-refractivity contribution in [2.45, 2.75) is 12.5 Å². The number of carbonyl (C=O) groups is 2. The number of rotatable bonds is 3. The molecular weight excluding hydrogens is 421 g/mol. The third kappa shape index (κ3) is 3.72. The highest BCUT2D eigenvalue weighted by Crippen LogP contribution is 2.32. The number of hydrogen-bond donors (Lipinski definition) is 0. The van der Waals surface area contributed by atoms with Crippen LogP contribution >= 0.6 is 34.8 Å². The highest BCUT2D eigenvalue weighted by molar-refractivity contribution is 6.42. The normalized spacial score (nSPS) is 20.9. The van der Waals surface area contributed by atoms with Gasteiger partial charge in [0.1, 0.15) is 0 Å². The van der Waals surface area contributed by atoms with Crippen LogP contribution in [0.15, 0.2) is 42.5 Å². The minimum Gasteiger partial charge on any atom is -0.369 e. The van der Waals surface area contributed by atoms with E-state index in [1.807, 2.05) is 24.3 Å². The zero-order valence-electron chi connectivity index (χ0n) is 14.9. The van der Waals surface area contributed by atoms with Gasteiger partial charge in [0.15, 0.2) is 0 Å². The number of piperazine rings is 1. The molecule has 2 aromatic rings. The summed E-state index contributed by atoms with van der Waals surface area (Å²) in [6, 6.07) is 12.1. The zero-order valence-corrected chi connectivity index (χ0v) is 17.2. The zero-order chi connectivity index (χ0) is 19.8. The first-order chi connectivity index (χ1) is 13.4. The molecule has 146 valence electrons. The number of benzene rings is 2. The number of carbonyl (C=O) groups excluding carboxylic acids is 2. The lowest BCUT2D eigenvalue weighted by Gasteiger charge is -2.38. The molecule has 0 saturated carbocycles. The molecule has 4 rings (SSSR count). The van der Waals surface area contributed by atoms with Crippen molar-refractivity contribution >= 4 is 58.0 Å². The van der Waals surface area contributed by atoms with Crippen LogP contribution in [0.4, 0.5) is 11.4 Å². The molecule has 1 unspecified atom stereocenters. The van der Waals surface area contributed by atoms with E-state index < -0.39 is 6.04 Å². The third-order valence-electron chi connectivity index (χ3n) is 5.21. The molecule has 0 bridgehead atoms. The van der Waals surface area contributed by atoms with E-state index in [0.29, 0.717) is 33.8 Å². The van der Waals surface area contributed by atoms with Crippen LogP contribution in [0, 0.1) is 0 Å². The summed E-state index contributed by atoms with van der Waals surface area (Å²) >= 11 is 18.1. The molecule has 2 heterocycles. The molecule has 2 aliphatic heterocycles. The Morgan fingerprint density at radius 2 is 1.57 bits per heavy atom. The first-order valence-corrected chi connectivity index (χ1v) is 10.1. The highest BCUT2D eigenvalue weighted by Gasteiger charge is 2.43. The van der Waals surface area contributed by atoms with Gasteiger partial charge >= 0.3 is 0 Å². The molecule has 0 N–H and O–H groups in total. The van der Waals surface area contributed by atoms with Gasteiger partial charge < -0.3 is 4.90 Å². The fourth-order valence-electron chi connectivity index (χ4n) is 3.76. The van der Waals surface area contributed by atoms with Crippen LogP contribution in [-0.4, -0.2) is 48.9 Å². The van der Waals surface area contributed by atoms with Gasteiger partial charge in [0, 0.05) is 36.9 Å². The molecule has 2 fully saturated rings. The molecule has 0 radical (unpaired) electrons. The Morgan fingerprint density at radius 1 is 0.821 bits per heavy atom. The topological polar surface area (TPSA) is 43.9 Å². The smallest absolute Gasteiger partial charge is 0.251 e. The number of imide groups is 1. The van der Waals surface area contributed by atoms with Crippen molar-refractivity contribution in [1.29, 1.82) is 0 Å². The first-order valence-electron chi connectivity index (χ1n) is 9.00. The Hall–Kier alpha value is -1.79. The molecular formula is C20H18Cl3N3O2. The summed E-state index contributed by atoms with van der Waals surface area (Å²) < 4.78 is 0. The largest absolute Gasteiger partial charge is 0.369 e. The summed E-state index contributed by atoms with van der Waals surface area (Å²) in [5.74, 6) is -0.426. The first kappa shape index (κ1) is 19.5. The molecule has 8 heteroatoms. The minimum absolute atomic E-state index is 0.177. The summed E-state index contributed by atoms with van der Waals surface area (Å²) in [4.78, 5) is 31.0. The monoisotopic (exact) mass is 437 g/mol. The predicted molar refractivity (Wildman–Crippen MR) is 113 cm³/mol. The standard InChI is InChI=1S/C20H18Cl3N3O2/c21-13-2-1-3-14(10-13)24-6-8-25(9-7-24)18-12-19(27)26(20(18)28)15-4-5-16(22)17(23)11-15/h1-5,10-11,18H,6-9,12H2. The van der Waals surface area contributed by atoms with E-state index in [-0.39, 0.29) is 18.2 Å². The van der Waals surface area contributed by atoms with E-state index in [0.717, 1.165) is 18.8 Å². The molecule has 1 atom stereocenters. The number of nitrogens with zero attached hydrogens (tertiary/aromatic N) is 3. The average molecular weight is 439 g/mol. The Labute approximate surface area is 178 Å². The number of amides is 2. The van der Waals surface area contributed by atoms with Crippen molar-refractivity contribution in [1.82, 2.24) is 4.90 Å². The van der Waals surface area contributed by atoms with Crippen molar-refractivity contribution in [2.24, 2.45) is 0 Å². The van der Waals surface area contributed by atoms with E-state index in [1.54, 1.807) is 18.2 Å². The van der Waals surface area contributed by atoms with Gasteiger partial charge in [0.25, 0.3) is 5.91 Å². The molecule has 0 spiro atoms. The quantitative estimate of drug-likeness (QED) is 0.677. The summed E-state index contributed by atoms with van der Waals surface area (Å²) in [5, 5.41) is 1.41. The Balaban J connectivity index is 1.45. The Bertz CT molecular complexity index is 929. The van der Waals surface area contributed by atoms with Crippen LogP contribution < -0.4 is 9.80 Å². The molecule has 2 aromatic carbocycles. The summed E-state index contributed by atoms with van der Waals surface area (Å²) in [7, 11) is 0. The fraction of sp³-hybridized carbons (Fsp3) is 0.300. The van der Waals surface area contributed by atoms with Gasteiger partial charge in [-0.1, -0.05) is 40.9 Å². The van der Waals surface area contributed by atoms with Gasteiger partial charge in [0.05, 0.1) is 28.2 Å². The van der Waals surface area contributed by atoms with Crippen LogP contribution in [0.5, 0.6) is 0 Å². The van der Waals surface area contributed by atoms with E-state index in [1.165, 1.54) is 4.90 Å². The molecule has 28 heavy (non-hydrogen) atoms. The number of anilines is 2. The third-order valence-corrected chi connectivity index (χ3v) is 6.19. The predicted octanol–water partition coefficient (Wildman–Crippen LogP) is 4.10. The average Bonchev–Trinajstić information content (AvgIpc) is 2.98. The maximum Gasteiger partial charge on any atom is 0.251 e. The molecule has 5 nitrogen and oxygen atoms in total. The number of hydrogen-bond acceptors (Lipinski definition) is 4. The fourth-order valence-corrected chi connectivity index (χ4v) is 4.24. The van der Waals surface area contributed by atoms with Gasteiger partial charge in [-0.2, -0.15) is 0 Å². The van der Waals surface area contributed by atoms with Crippen molar-refractivity contribution in [3.05, 3.63) is 57.5 Å². The molecule has 2 amide bonds. The summed E-state index contributed by atoms with van der Waals surface area (Å²) in [5.41, 5.74) is 1.53. The van der Waals surface area contributed by atoms with E-state index in [2.05, 4.69) is 9.80 Å². The lowest BCUT2D eigenvalue weighted by Crippen LogP contribution is -2.52. The van der Waals surface area contributed by atoms with Gasteiger partial charge in [0.2, 0.25) is 5.91 Å². The number of halogens is 3. The second-order valence-electron chi connectivity index (χ2n) is 6.89. The molecule has 2 aliphatic rings. The Kier molecular flexibility index (Phi) is 5.52. The second kappa shape index (κ2) is 7.91. The van der Waals surface area contributed by atoms with Crippen molar-refractivity contribution < 1.29 is 9.59 Å². The minimum atomic E-state index is -0.441. The van der Waals surface area contributed by atoms with Crippen molar-refractivity contribution in [3.8, 4) is 0 Å². The summed E-state index contributed by atoms with van der Waals surface area (Å²) in [6.07, 6.45) is 0.177. The van der Waals surface area contributed by atoms with Crippen molar-refractivity contribution in [2.75, 3.05) is 36.0 Å². The van der Waals surface area contributed by atoms with E-state index in [9.17, 15) is 9.59 Å². The summed E-state index contributed by atoms with van der Waals surface area (Å²) in [6.45, 7) is 2.94. The van der Waals surface area contributed by atoms with Gasteiger partial charge in [-0.15, -0.1) is 0 Å². The lowest BCUT2D eigenvalue weighted by molar-refractivity contribution is -0.123. The van der Waals surface area contributed by atoms with Gasteiger partial charge in [-0.25, -0.2) is 4.90 Å². The van der Waals surface area contributed by atoms with Crippen LogP contribution in [0.2, 0.25) is 15.1 Å². The Morgan fingerprint density at radius 3 is 2.25 bits per heavy atom. The molecule has 0 aliphatic carbocycles. The highest BCUT2D eigenvalue weighted by atomic mass is 35.5. The van der Waals surface area contributed by atoms with Crippen LogP contribution in [0.25, 0.3) is 0 Å². The van der Waals surface area contributed by atoms with E-state index >= 15 is 0 Å². The lowest BCUT2D eigenvalue weighted by atomic mass is 10.1. The second-order valence-corrected chi connectivity index (χ2v) is 8.14. The molecule has 0 aromatic heterocycles.